The summed E-state index contributed by atoms with van der Waals surface area (Å²) < 4.78 is 0. The second-order valence-corrected chi connectivity index (χ2v) is 3.26. The largest absolute Gasteiger partial charge is 0.350 e. The number of anilines is 3. The summed E-state index contributed by atoms with van der Waals surface area (Å²) in [5.41, 5.74) is 13.0. The Balaban J connectivity index is 3.33. The average Bonchev–Trinajstić information content (AvgIpc) is 2.35. The van der Waals surface area contributed by atoms with Crippen molar-refractivity contribution in [2.75, 3.05) is 15.4 Å². The second-order valence-electron chi connectivity index (χ2n) is 3.26. The van der Waals surface area contributed by atoms with Crippen molar-refractivity contribution in [2.24, 2.45) is 29.0 Å². The summed E-state index contributed by atoms with van der Waals surface area (Å²) in [6.45, 7) is 0. The molecule has 0 fully saturated rings. The van der Waals surface area contributed by atoms with E-state index >= 15 is 0 Å². The number of carbonyl (C=O) groups is 2. The van der Waals surface area contributed by atoms with E-state index in [0.29, 0.717) is 15.7 Å². The zero-order valence-electron chi connectivity index (χ0n) is 9.33. The van der Waals surface area contributed by atoms with Gasteiger partial charge in [0.15, 0.2) is 0 Å². The third-order valence-electron chi connectivity index (χ3n) is 2.14. The van der Waals surface area contributed by atoms with Crippen LogP contribution in [0, 0.1) is 0 Å². The number of primary amides is 2. The van der Waals surface area contributed by atoms with Gasteiger partial charge >= 0.3 is 12.1 Å². The number of hydrogen-bond donors (Lipinski definition) is 6. The molecule has 0 aliphatic rings. The van der Waals surface area contributed by atoms with E-state index in [1.54, 1.807) is 0 Å². The summed E-state index contributed by atoms with van der Waals surface area (Å²) in [5, 5.41) is 1.23. The molecule has 10 heteroatoms. The van der Waals surface area contributed by atoms with Crippen LogP contribution in [-0.2, 0) is 0 Å². The summed E-state index contributed by atoms with van der Waals surface area (Å²) in [6, 6.07) is 2.42. The Morgan fingerprint density at radius 1 is 1.00 bits per heavy atom. The minimum atomic E-state index is -0.941. The number of nitrogens with two attached hydrogens (primary N) is 5. The van der Waals surface area contributed by atoms with Gasteiger partial charge in [-0.3, -0.25) is 5.84 Å². The minimum absolute atomic E-state index is 0.0688. The molecule has 0 saturated carbocycles. The predicted octanol–water partition coefficient (Wildman–Crippen LogP) is -1.51. The number of nitrogen functional groups attached to an aromatic ring is 1. The first-order chi connectivity index (χ1) is 8.38. The summed E-state index contributed by atoms with van der Waals surface area (Å²) in [4.78, 5) is 22.0. The SMILES string of the molecule is NNc1ccc(N(N)C(N)=O)c(N(N)C(N)=O)c1. The molecule has 1 rings (SSSR count). The number of carbonyl (C=O) groups excluding carboxylic acids is 2. The molecule has 1 aromatic carbocycles. The van der Waals surface area contributed by atoms with Crippen LogP contribution < -0.4 is 44.4 Å². The molecule has 18 heavy (non-hydrogen) atoms. The topological polar surface area (TPSA) is 183 Å². The lowest BCUT2D eigenvalue weighted by molar-refractivity contribution is 0.252. The van der Waals surface area contributed by atoms with Gasteiger partial charge in [0, 0.05) is 0 Å². The average molecular weight is 254 g/mol. The van der Waals surface area contributed by atoms with Crippen LogP contribution in [0.2, 0.25) is 0 Å². The molecular weight excluding hydrogens is 240 g/mol. The highest BCUT2D eigenvalue weighted by Gasteiger charge is 2.19. The Morgan fingerprint density at radius 2 is 1.50 bits per heavy atom. The molecule has 10 nitrogen and oxygen atoms in total. The number of amides is 4. The van der Waals surface area contributed by atoms with Gasteiger partial charge in [-0.25, -0.2) is 31.3 Å². The fraction of sp³-hybridized carbons (Fsp3) is 0. The smallest absolute Gasteiger partial charge is 0.333 e. The number of hydrogen-bond acceptors (Lipinski definition) is 6. The summed E-state index contributed by atoms with van der Waals surface area (Å²) in [7, 11) is 0. The van der Waals surface area contributed by atoms with Crippen LogP contribution in [0.25, 0.3) is 0 Å². The lowest BCUT2D eigenvalue weighted by atomic mass is 10.2. The molecule has 1 aromatic rings. The maximum Gasteiger partial charge on any atom is 0.333 e. The maximum atomic E-state index is 11.0. The first-order valence-corrected chi connectivity index (χ1v) is 4.67. The van der Waals surface area contributed by atoms with E-state index in [9.17, 15) is 9.59 Å². The summed E-state index contributed by atoms with van der Waals surface area (Å²) in [5.74, 6) is 16.1. The van der Waals surface area contributed by atoms with Gasteiger partial charge in [0.1, 0.15) is 0 Å². The number of nitrogens with zero attached hydrogens (tertiary/aromatic N) is 2. The van der Waals surface area contributed by atoms with Gasteiger partial charge < -0.3 is 16.9 Å². The van der Waals surface area contributed by atoms with E-state index in [2.05, 4.69) is 5.43 Å². The quantitative estimate of drug-likeness (QED) is 0.216. The van der Waals surface area contributed by atoms with Gasteiger partial charge in [0.05, 0.1) is 17.1 Å². The van der Waals surface area contributed by atoms with Gasteiger partial charge in [-0.05, 0) is 18.2 Å². The van der Waals surface area contributed by atoms with Gasteiger partial charge in [-0.15, -0.1) is 0 Å². The van der Waals surface area contributed by atoms with Crippen LogP contribution in [0.1, 0.15) is 0 Å². The van der Waals surface area contributed by atoms with Crippen molar-refractivity contribution in [1.29, 1.82) is 0 Å². The highest BCUT2D eigenvalue weighted by molar-refractivity contribution is 5.99. The Morgan fingerprint density at radius 3 is 1.94 bits per heavy atom. The van der Waals surface area contributed by atoms with Crippen LogP contribution in [0.5, 0.6) is 0 Å². The molecule has 0 saturated heterocycles. The minimum Gasteiger partial charge on any atom is -0.350 e. The highest BCUT2D eigenvalue weighted by Crippen LogP contribution is 2.29. The van der Waals surface area contributed by atoms with E-state index < -0.39 is 12.1 Å². The van der Waals surface area contributed by atoms with Crippen molar-refractivity contribution < 1.29 is 9.59 Å². The standard InChI is InChI=1S/C8H14N8O2/c9-7(17)15(12)5-2-1-4(14-11)3-6(5)16(13)8(10)18/h1-3,14H,11-13H2,(H2,9,17)(H2,10,18). The number of urea groups is 2. The number of benzene rings is 1. The highest BCUT2D eigenvalue weighted by atomic mass is 16.2. The van der Waals surface area contributed by atoms with Gasteiger partial charge in [-0.2, -0.15) is 0 Å². The number of hydrazine groups is 3. The van der Waals surface area contributed by atoms with Crippen LogP contribution in [0.3, 0.4) is 0 Å². The predicted molar refractivity (Wildman–Crippen MR) is 66.8 cm³/mol. The molecule has 0 bridgehead atoms. The Kier molecular flexibility index (Phi) is 3.89. The third-order valence-corrected chi connectivity index (χ3v) is 2.14. The third kappa shape index (κ3) is 2.57. The van der Waals surface area contributed by atoms with Crippen LogP contribution in [0.15, 0.2) is 18.2 Å². The van der Waals surface area contributed by atoms with E-state index in [0.717, 1.165) is 0 Å². The van der Waals surface area contributed by atoms with Crippen molar-refractivity contribution in [1.82, 2.24) is 0 Å². The Hall–Kier alpha value is -2.56. The second kappa shape index (κ2) is 5.18. The van der Waals surface area contributed by atoms with Crippen LogP contribution in [-0.4, -0.2) is 12.1 Å². The number of nitrogens with one attached hydrogen (secondary N) is 1. The molecular formula is C8H14N8O2. The molecule has 11 N–H and O–H groups in total. The van der Waals surface area contributed by atoms with E-state index in [1.807, 2.05) is 0 Å². The van der Waals surface area contributed by atoms with Crippen molar-refractivity contribution in [3.05, 3.63) is 18.2 Å². The fourth-order valence-electron chi connectivity index (χ4n) is 1.25. The first kappa shape index (κ1) is 13.5. The Labute approximate surface area is 102 Å². The van der Waals surface area contributed by atoms with E-state index in [-0.39, 0.29) is 11.4 Å². The van der Waals surface area contributed by atoms with Crippen LogP contribution >= 0.6 is 0 Å². The van der Waals surface area contributed by atoms with E-state index in [1.165, 1.54) is 18.2 Å². The summed E-state index contributed by atoms with van der Waals surface area (Å²) in [6.07, 6.45) is 0. The summed E-state index contributed by atoms with van der Waals surface area (Å²) >= 11 is 0. The zero-order chi connectivity index (χ0) is 13.9. The van der Waals surface area contributed by atoms with Gasteiger partial charge in [0.2, 0.25) is 0 Å². The normalized spacial score (nSPS) is 9.72. The number of rotatable bonds is 3. The molecule has 0 atom stereocenters. The molecule has 0 radical (unpaired) electrons. The van der Waals surface area contributed by atoms with Crippen molar-refractivity contribution in [3.8, 4) is 0 Å². The van der Waals surface area contributed by atoms with Crippen LogP contribution in [0.4, 0.5) is 26.7 Å². The first-order valence-electron chi connectivity index (χ1n) is 4.67. The molecule has 98 valence electrons. The van der Waals surface area contributed by atoms with Gasteiger partial charge in [-0.1, -0.05) is 0 Å². The Bertz CT molecular complexity index is 476. The molecule has 0 heterocycles. The van der Waals surface area contributed by atoms with Gasteiger partial charge in [0.25, 0.3) is 0 Å². The molecule has 0 aliphatic carbocycles. The van der Waals surface area contributed by atoms with E-state index in [4.69, 9.17) is 29.0 Å². The molecule has 4 amide bonds. The molecule has 0 unspecified atom stereocenters. The lowest BCUT2D eigenvalue weighted by Gasteiger charge is -2.23. The van der Waals surface area contributed by atoms with Crippen molar-refractivity contribution in [3.63, 3.8) is 0 Å². The zero-order valence-corrected chi connectivity index (χ0v) is 9.33. The fourth-order valence-corrected chi connectivity index (χ4v) is 1.25. The molecule has 0 aromatic heterocycles. The van der Waals surface area contributed by atoms with Crippen molar-refractivity contribution in [2.45, 2.75) is 0 Å². The molecule has 0 aliphatic heterocycles. The maximum absolute atomic E-state index is 11.0. The molecule has 0 spiro atoms. The van der Waals surface area contributed by atoms with Crippen molar-refractivity contribution >= 4 is 29.1 Å². The lowest BCUT2D eigenvalue weighted by Crippen LogP contribution is -2.46. The monoisotopic (exact) mass is 254 g/mol.